The molecule has 0 saturated heterocycles. The van der Waals surface area contributed by atoms with Gasteiger partial charge in [-0.1, -0.05) is 39.0 Å². The Hall–Kier alpha value is -2.63. The number of nitrogens with zero attached hydrogens (tertiary/aromatic N) is 3. The Morgan fingerprint density at radius 3 is 2.54 bits per heavy atom. The van der Waals surface area contributed by atoms with Crippen LogP contribution in [0.3, 0.4) is 0 Å². The lowest BCUT2D eigenvalue weighted by Gasteiger charge is -2.18. The largest absolute Gasteiger partial charge is 0.356 e. The van der Waals surface area contributed by atoms with Crippen molar-refractivity contribution in [2.24, 2.45) is 5.41 Å². The summed E-state index contributed by atoms with van der Waals surface area (Å²) >= 11 is 0. The minimum absolute atomic E-state index is 0.00614. The van der Waals surface area contributed by atoms with Crippen LogP contribution in [0.1, 0.15) is 39.2 Å². The van der Waals surface area contributed by atoms with E-state index in [2.05, 4.69) is 10.4 Å². The molecule has 6 heteroatoms. The molecule has 1 aromatic carbocycles. The number of para-hydroxylation sites is 1. The summed E-state index contributed by atoms with van der Waals surface area (Å²) in [6.45, 7) is 6.65. The molecule has 0 saturated carbocycles. The van der Waals surface area contributed by atoms with Crippen molar-refractivity contribution in [3.05, 3.63) is 48.3 Å². The Labute approximate surface area is 155 Å². The molecule has 0 unspecified atom stereocenters. The van der Waals surface area contributed by atoms with Crippen molar-refractivity contribution >= 4 is 11.8 Å². The van der Waals surface area contributed by atoms with Crippen LogP contribution in [0.15, 0.2) is 42.7 Å². The molecule has 2 amide bonds. The number of nitrogens with one attached hydrogen (secondary N) is 1. The van der Waals surface area contributed by atoms with Crippen LogP contribution in [0, 0.1) is 5.41 Å². The molecule has 0 aliphatic heterocycles. The first-order valence-electron chi connectivity index (χ1n) is 8.88. The smallest absolute Gasteiger partial charge is 0.225 e. The Morgan fingerprint density at radius 2 is 1.88 bits per heavy atom. The van der Waals surface area contributed by atoms with Gasteiger partial charge >= 0.3 is 0 Å². The van der Waals surface area contributed by atoms with E-state index in [1.54, 1.807) is 22.8 Å². The van der Waals surface area contributed by atoms with Gasteiger partial charge in [-0.25, -0.2) is 4.68 Å². The van der Waals surface area contributed by atoms with Crippen LogP contribution in [-0.4, -0.2) is 40.1 Å². The van der Waals surface area contributed by atoms with Gasteiger partial charge in [0.25, 0.3) is 0 Å². The molecule has 1 heterocycles. The monoisotopic (exact) mass is 356 g/mol. The van der Waals surface area contributed by atoms with E-state index in [0.29, 0.717) is 25.9 Å². The zero-order chi connectivity index (χ0) is 19.2. The fourth-order valence-corrected chi connectivity index (χ4v) is 2.42. The lowest BCUT2D eigenvalue weighted by Crippen LogP contribution is -2.35. The molecule has 26 heavy (non-hydrogen) atoms. The molecule has 1 aromatic heterocycles. The summed E-state index contributed by atoms with van der Waals surface area (Å²) in [6.07, 6.45) is 4.75. The highest BCUT2D eigenvalue weighted by Crippen LogP contribution is 2.12. The Balaban J connectivity index is 1.77. The van der Waals surface area contributed by atoms with Gasteiger partial charge in [0.2, 0.25) is 11.8 Å². The predicted molar refractivity (Wildman–Crippen MR) is 102 cm³/mol. The third-order valence-corrected chi connectivity index (χ3v) is 4.04. The van der Waals surface area contributed by atoms with E-state index in [-0.39, 0.29) is 11.8 Å². The maximum absolute atomic E-state index is 12.3. The average molecular weight is 356 g/mol. The molecule has 1 N–H and O–H groups in total. The van der Waals surface area contributed by atoms with Gasteiger partial charge < -0.3 is 10.2 Å². The number of amides is 2. The number of benzene rings is 1. The van der Waals surface area contributed by atoms with Crippen molar-refractivity contribution < 1.29 is 9.59 Å². The molecule has 0 spiro atoms. The normalized spacial score (nSPS) is 11.2. The molecular weight excluding hydrogens is 328 g/mol. The molecule has 2 rings (SSSR count). The van der Waals surface area contributed by atoms with Crippen molar-refractivity contribution in [2.75, 3.05) is 13.6 Å². The molecular formula is C20H28N4O2. The number of hydrogen-bond acceptors (Lipinski definition) is 3. The van der Waals surface area contributed by atoms with E-state index < -0.39 is 5.41 Å². The molecule has 6 nitrogen and oxygen atoms in total. The SMILES string of the molecule is CN(Cc1cnn(-c2ccccc2)c1)C(=O)CCCNC(=O)C(C)(C)C. The first-order valence-corrected chi connectivity index (χ1v) is 8.88. The number of rotatable bonds is 7. The van der Waals surface area contributed by atoms with Crippen LogP contribution in [0.2, 0.25) is 0 Å². The van der Waals surface area contributed by atoms with Gasteiger partial charge in [0.15, 0.2) is 0 Å². The quantitative estimate of drug-likeness (QED) is 0.776. The molecule has 0 bridgehead atoms. The van der Waals surface area contributed by atoms with E-state index in [4.69, 9.17) is 0 Å². The second-order valence-corrected chi connectivity index (χ2v) is 7.49. The summed E-state index contributed by atoms with van der Waals surface area (Å²) in [4.78, 5) is 25.7. The van der Waals surface area contributed by atoms with Crippen LogP contribution in [-0.2, 0) is 16.1 Å². The highest BCUT2D eigenvalue weighted by atomic mass is 16.2. The van der Waals surface area contributed by atoms with Crippen molar-refractivity contribution in [1.82, 2.24) is 20.0 Å². The summed E-state index contributed by atoms with van der Waals surface area (Å²) < 4.78 is 1.80. The van der Waals surface area contributed by atoms with Crippen LogP contribution in [0.5, 0.6) is 0 Å². The highest BCUT2D eigenvalue weighted by molar-refractivity contribution is 5.81. The summed E-state index contributed by atoms with van der Waals surface area (Å²) in [7, 11) is 1.79. The van der Waals surface area contributed by atoms with Crippen LogP contribution < -0.4 is 5.32 Å². The lowest BCUT2D eigenvalue weighted by atomic mass is 9.96. The maximum Gasteiger partial charge on any atom is 0.225 e. The number of hydrogen-bond donors (Lipinski definition) is 1. The van der Waals surface area contributed by atoms with Gasteiger partial charge in [-0.2, -0.15) is 5.10 Å². The van der Waals surface area contributed by atoms with Crippen molar-refractivity contribution in [1.29, 1.82) is 0 Å². The topological polar surface area (TPSA) is 67.2 Å². The fourth-order valence-electron chi connectivity index (χ4n) is 2.42. The molecule has 0 radical (unpaired) electrons. The summed E-state index contributed by atoms with van der Waals surface area (Å²) in [5, 5.41) is 7.21. The summed E-state index contributed by atoms with van der Waals surface area (Å²) in [5.74, 6) is 0.0640. The summed E-state index contributed by atoms with van der Waals surface area (Å²) in [6, 6.07) is 9.86. The van der Waals surface area contributed by atoms with Crippen molar-refractivity contribution in [3.63, 3.8) is 0 Å². The van der Waals surface area contributed by atoms with Crippen molar-refractivity contribution in [3.8, 4) is 5.69 Å². The van der Waals surface area contributed by atoms with Gasteiger partial charge in [0.05, 0.1) is 11.9 Å². The van der Waals surface area contributed by atoms with Crippen LogP contribution in [0.25, 0.3) is 5.69 Å². The van der Waals surface area contributed by atoms with E-state index >= 15 is 0 Å². The molecule has 0 aliphatic carbocycles. The Morgan fingerprint density at radius 1 is 1.19 bits per heavy atom. The standard InChI is InChI=1S/C20H28N4O2/c1-20(2,3)19(26)21-12-8-11-18(25)23(4)14-16-13-22-24(15-16)17-9-6-5-7-10-17/h5-7,9-10,13,15H,8,11-12,14H2,1-4H3,(H,21,26). The molecule has 0 fully saturated rings. The lowest BCUT2D eigenvalue weighted by molar-refractivity contribution is -0.131. The predicted octanol–water partition coefficient (Wildman–Crippen LogP) is 2.77. The van der Waals surface area contributed by atoms with E-state index in [9.17, 15) is 9.59 Å². The molecule has 0 aliphatic rings. The summed E-state index contributed by atoms with van der Waals surface area (Å²) in [5.41, 5.74) is 1.56. The Kier molecular flexibility index (Phi) is 6.55. The third-order valence-electron chi connectivity index (χ3n) is 4.04. The van der Waals surface area contributed by atoms with E-state index in [1.807, 2.05) is 57.3 Å². The van der Waals surface area contributed by atoms with Gasteiger partial charge in [-0.05, 0) is 18.6 Å². The second-order valence-electron chi connectivity index (χ2n) is 7.49. The number of carbonyl (C=O) groups excluding carboxylic acids is 2. The first-order chi connectivity index (χ1) is 12.3. The van der Waals surface area contributed by atoms with Gasteiger partial charge in [-0.15, -0.1) is 0 Å². The Bertz CT molecular complexity index is 732. The van der Waals surface area contributed by atoms with Crippen molar-refractivity contribution in [2.45, 2.75) is 40.2 Å². The van der Waals surface area contributed by atoms with Gasteiger partial charge in [0, 0.05) is 43.7 Å². The fraction of sp³-hybridized carbons (Fsp3) is 0.450. The average Bonchev–Trinajstić information content (AvgIpc) is 3.06. The maximum atomic E-state index is 12.3. The minimum atomic E-state index is -0.403. The van der Waals surface area contributed by atoms with Gasteiger partial charge in [-0.3, -0.25) is 9.59 Å². The molecule has 140 valence electrons. The highest BCUT2D eigenvalue weighted by Gasteiger charge is 2.20. The first kappa shape index (κ1) is 19.7. The zero-order valence-electron chi connectivity index (χ0n) is 16.0. The zero-order valence-corrected chi connectivity index (χ0v) is 16.0. The van der Waals surface area contributed by atoms with E-state index in [1.165, 1.54) is 0 Å². The number of carbonyl (C=O) groups is 2. The van der Waals surface area contributed by atoms with Gasteiger partial charge in [0.1, 0.15) is 0 Å². The number of aromatic nitrogens is 2. The van der Waals surface area contributed by atoms with Crippen LogP contribution in [0.4, 0.5) is 0 Å². The second kappa shape index (κ2) is 8.65. The minimum Gasteiger partial charge on any atom is -0.356 e. The van der Waals surface area contributed by atoms with Crippen LogP contribution >= 0.6 is 0 Å². The third kappa shape index (κ3) is 5.72. The van der Waals surface area contributed by atoms with E-state index in [0.717, 1.165) is 11.3 Å². The molecule has 0 atom stereocenters. The molecule has 2 aromatic rings.